The van der Waals surface area contributed by atoms with Gasteiger partial charge in [0.05, 0.1) is 36.3 Å². The molecular formula is C31H36F3N5O6S. The summed E-state index contributed by atoms with van der Waals surface area (Å²) in [6, 6.07) is 8.45. The molecule has 0 radical (unpaired) electrons. The Morgan fingerprint density at radius 3 is 2.48 bits per heavy atom. The molecule has 1 saturated heterocycles. The number of halogens is 3. The van der Waals surface area contributed by atoms with E-state index >= 15 is 0 Å². The number of benzene rings is 2. The van der Waals surface area contributed by atoms with E-state index in [0.717, 1.165) is 23.3 Å². The van der Waals surface area contributed by atoms with Crippen LogP contribution in [0.1, 0.15) is 45.5 Å². The Morgan fingerprint density at radius 2 is 1.76 bits per heavy atom. The van der Waals surface area contributed by atoms with Gasteiger partial charge in [0.25, 0.3) is 11.8 Å². The maximum absolute atomic E-state index is 13.8. The van der Waals surface area contributed by atoms with E-state index in [9.17, 15) is 31.8 Å². The van der Waals surface area contributed by atoms with Gasteiger partial charge in [0.15, 0.2) is 0 Å². The van der Waals surface area contributed by atoms with Crippen LogP contribution in [0.4, 0.5) is 13.2 Å². The zero-order valence-electron chi connectivity index (χ0n) is 25.6. The second-order valence-corrected chi connectivity index (χ2v) is 13.1. The highest BCUT2D eigenvalue weighted by Gasteiger charge is 2.47. The number of hydrogen-bond acceptors (Lipinski definition) is 7. The summed E-state index contributed by atoms with van der Waals surface area (Å²) in [6.07, 6.45) is -3.65. The molecule has 7 rings (SSSR count). The molecule has 2 N–H and O–H groups in total. The molecule has 5 aliphatic heterocycles. The number of piperidine rings is 1. The molecule has 3 amide bonds. The van der Waals surface area contributed by atoms with Crippen LogP contribution in [0.3, 0.4) is 0 Å². The second kappa shape index (κ2) is 13.9. The van der Waals surface area contributed by atoms with E-state index in [1.807, 2.05) is 13.0 Å². The number of rotatable bonds is 0. The highest BCUT2D eigenvalue weighted by atomic mass is 32.2. The summed E-state index contributed by atoms with van der Waals surface area (Å²) in [6.45, 7) is 2.59. The maximum Gasteiger partial charge on any atom is 0.416 e. The number of carbonyl (C=O) groups is 3. The molecule has 248 valence electrons. The molecule has 46 heavy (non-hydrogen) atoms. The fourth-order valence-electron chi connectivity index (χ4n) is 5.62. The molecule has 11 nitrogen and oxygen atoms in total. The maximum atomic E-state index is 13.8. The third-order valence-electron chi connectivity index (χ3n) is 8.25. The Labute approximate surface area is 267 Å². The smallest absolute Gasteiger partial charge is 0.416 e. The second-order valence-electron chi connectivity index (χ2n) is 11.5. The average Bonchev–Trinajstić information content (AvgIpc) is 3.33. The molecule has 7 bridgehead atoms. The van der Waals surface area contributed by atoms with Crippen molar-refractivity contribution in [1.82, 2.24) is 19.8 Å². The molecule has 2 aromatic carbocycles. The quantitative estimate of drug-likeness (QED) is 0.445. The van der Waals surface area contributed by atoms with Gasteiger partial charge in [0.1, 0.15) is 23.7 Å². The lowest BCUT2D eigenvalue weighted by Gasteiger charge is -2.34. The number of likely N-dealkylation sites (N-methyl/N-ethyl adjacent to an activating group) is 1. The number of amidine groups is 1. The topological polar surface area (TPSA) is 130 Å². The third-order valence-corrected chi connectivity index (χ3v) is 9.75. The summed E-state index contributed by atoms with van der Waals surface area (Å²) in [5.41, 5.74) is 0.173. The lowest BCUT2D eigenvalue weighted by atomic mass is 9.89. The Kier molecular flexibility index (Phi) is 10.1. The van der Waals surface area contributed by atoms with Gasteiger partial charge >= 0.3 is 6.18 Å². The van der Waals surface area contributed by atoms with Crippen molar-refractivity contribution in [1.29, 1.82) is 0 Å². The Balaban J connectivity index is 1.36. The molecule has 2 aromatic rings. The minimum absolute atomic E-state index is 0.0305. The molecule has 0 aromatic heterocycles. The van der Waals surface area contributed by atoms with Crippen molar-refractivity contribution < 1.29 is 41.2 Å². The zero-order valence-corrected chi connectivity index (χ0v) is 26.4. The van der Waals surface area contributed by atoms with Gasteiger partial charge in [0, 0.05) is 43.6 Å². The van der Waals surface area contributed by atoms with E-state index in [2.05, 4.69) is 15.6 Å². The van der Waals surface area contributed by atoms with Gasteiger partial charge in [-0.3, -0.25) is 19.4 Å². The van der Waals surface area contributed by atoms with Crippen molar-refractivity contribution in [2.24, 2.45) is 4.99 Å². The van der Waals surface area contributed by atoms with E-state index in [1.165, 1.54) is 18.0 Å². The number of aliphatic imine (C=N–C) groups is 1. The van der Waals surface area contributed by atoms with Crippen molar-refractivity contribution >= 4 is 34.5 Å². The standard InChI is InChI=1S/C31H36F3N5O6S/c1-20-15-22-4-3-21(20)5-14-46(43)39-9-6-30(7-10-39)29(42)36-27(37-30)23-16-24(31(32,33)34)18-25(17-23)45-13-12-44-11-8-35-26(40)19-38(2)28(22)41/h3-4,15-18H,5-14,19H2,1-2H3,(H,35,40)(H,36,37,42). The minimum Gasteiger partial charge on any atom is -0.491 e. The Hall–Kier alpha value is -3.82. The first-order valence-electron chi connectivity index (χ1n) is 14.9. The number of nitrogens with one attached hydrogen (secondary N) is 2. The van der Waals surface area contributed by atoms with E-state index in [4.69, 9.17) is 9.47 Å². The SMILES string of the molecule is Cc1cc2ccc1CCS(=O)N1CCC3(CC1)N=C(NC3=O)c1cc(cc(C(F)(F)F)c1)OCCOCCNC(=O)CN(C)C2=O. The van der Waals surface area contributed by atoms with Crippen LogP contribution in [0, 0.1) is 6.92 Å². The fourth-order valence-corrected chi connectivity index (χ4v) is 6.86. The lowest BCUT2D eigenvalue weighted by Crippen LogP contribution is -2.49. The van der Waals surface area contributed by atoms with Crippen molar-refractivity contribution in [3.63, 3.8) is 0 Å². The van der Waals surface area contributed by atoms with E-state index in [0.29, 0.717) is 30.8 Å². The monoisotopic (exact) mass is 663 g/mol. The van der Waals surface area contributed by atoms with Gasteiger partial charge in [-0.05, 0) is 67.6 Å². The van der Waals surface area contributed by atoms with Crippen molar-refractivity contribution in [3.05, 3.63) is 64.2 Å². The molecule has 0 aliphatic carbocycles. The number of aryl methyl sites for hydroxylation is 2. The van der Waals surface area contributed by atoms with Crippen LogP contribution in [0.2, 0.25) is 0 Å². The number of carbonyl (C=O) groups excluding carboxylic acids is 3. The van der Waals surface area contributed by atoms with E-state index < -0.39 is 34.2 Å². The van der Waals surface area contributed by atoms with Gasteiger partial charge in [-0.15, -0.1) is 0 Å². The molecule has 1 atom stereocenters. The molecule has 1 unspecified atom stereocenters. The Morgan fingerprint density at radius 1 is 1.00 bits per heavy atom. The number of alkyl halides is 3. The summed E-state index contributed by atoms with van der Waals surface area (Å²) in [5, 5.41) is 5.33. The average molecular weight is 664 g/mol. The number of ether oxygens (including phenoxy) is 2. The number of nitrogens with zero attached hydrogens (tertiary/aromatic N) is 3. The van der Waals surface area contributed by atoms with Crippen LogP contribution in [0.15, 0.2) is 41.4 Å². The minimum atomic E-state index is -4.67. The van der Waals surface area contributed by atoms with Crippen LogP contribution in [-0.4, -0.2) is 101 Å². The summed E-state index contributed by atoms with van der Waals surface area (Å²) in [5.74, 6) is -0.813. The van der Waals surface area contributed by atoms with Crippen LogP contribution in [-0.2, 0) is 37.9 Å². The van der Waals surface area contributed by atoms with Gasteiger partial charge in [-0.25, -0.2) is 8.51 Å². The van der Waals surface area contributed by atoms with Crippen molar-refractivity contribution in [2.75, 3.05) is 58.8 Å². The normalized spacial score (nSPS) is 25.4. The number of amides is 3. The molecule has 1 fully saturated rings. The van der Waals surface area contributed by atoms with Crippen molar-refractivity contribution in [2.45, 2.75) is 37.9 Å². The van der Waals surface area contributed by atoms with E-state index in [-0.39, 0.29) is 74.7 Å². The molecule has 1 spiro atoms. The predicted molar refractivity (Wildman–Crippen MR) is 164 cm³/mol. The Bertz CT molecular complexity index is 1560. The predicted octanol–water partition coefficient (Wildman–Crippen LogP) is 2.23. The fraction of sp³-hybridized carbons (Fsp3) is 0.484. The number of fused-ring (bicyclic) bond motifs is 2. The number of hydrogen-bond donors (Lipinski definition) is 2. The van der Waals surface area contributed by atoms with Gasteiger partial charge < -0.3 is 25.0 Å². The third kappa shape index (κ3) is 7.76. The van der Waals surface area contributed by atoms with Crippen LogP contribution in [0.5, 0.6) is 5.75 Å². The van der Waals surface area contributed by atoms with Gasteiger partial charge in [0.2, 0.25) is 5.91 Å². The van der Waals surface area contributed by atoms with E-state index in [1.54, 1.807) is 16.4 Å². The first kappa shape index (κ1) is 33.5. The largest absolute Gasteiger partial charge is 0.491 e. The first-order chi connectivity index (χ1) is 21.8. The highest BCUT2D eigenvalue weighted by Crippen LogP contribution is 2.35. The van der Waals surface area contributed by atoms with Crippen LogP contribution >= 0.6 is 0 Å². The summed E-state index contributed by atoms with van der Waals surface area (Å²) in [7, 11) is 0.179. The van der Waals surface area contributed by atoms with Crippen LogP contribution < -0.4 is 15.4 Å². The summed E-state index contributed by atoms with van der Waals surface area (Å²) >= 11 is 0. The summed E-state index contributed by atoms with van der Waals surface area (Å²) in [4.78, 5) is 44.3. The van der Waals surface area contributed by atoms with Gasteiger partial charge in [-0.2, -0.15) is 13.2 Å². The molecular weight excluding hydrogens is 627 g/mol. The zero-order chi connectivity index (χ0) is 33.1. The molecule has 5 aliphatic rings. The van der Waals surface area contributed by atoms with Gasteiger partial charge in [-0.1, -0.05) is 6.07 Å². The van der Waals surface area contributed by atoms with Crippen molar-refractivity contribution in [3.8, 4) is 5.75 Å². The summed E-state index contributed by atoms with van der Waals surface area (Å²) < 4.78 is 67.3. The first-order valence-corrected chi connectivity index (χ1v) is 16.2. The van der Waals surface area contributed by atoms with Crippen LogP contribution in [0.25, 0.3) is 0 Å². The molecule has 5 heterocycles. The highest BCUT2D eigenvalue weighted by molar-refractivity contribution is 7.82. The molecule has 15 heteroatoms. The molecule has 0 saturated carbocycles. The lowest BCUT2D eigenvalue weighted by molar-refractivity contribution is -0.137.